The Hall–Kier alpha value is -4.28. The molecule has 0 saturated heterocycles. The molecule has 2 aromatic heterocycles. The Kier molecular flexibility index (Phi) is 6.50. The Labute approximate surface area is 198 Å². The standard InChI is InChI=1S/C24H21F3N6O2/c1-13(9-17(11-28-2)31-22(34)14-3-4-14)15-5-7-19-18(10-15)21(33-32-19)23(35)30-16-6-8-20(29-12-16)24(25,26)27/h5-12,14H,2-4H2,1H3,(H,30,35)(H,31,34)(H,32,33)/b13-9+,17-11+. The van der Waals surface area contributed by atoms with Crippen molar-refractivity contribution in [1.29, 1.82) is 0 Å². The number of amides is 2. The molecule has 8 nitrogen and oxygen atoms in total. The zero-order valence-corrected chi connectivity index (χ0v) is 18.6. The van der Waals surface area contributed by atoms with E-state index in [2.05, 4.69) is 37.5 Å². The highest BCUT2D eigenvalue weighted by Gasteiger charge is 2.32. The second kappa shape index (κ2) is 9.53. The number of benzene rings is 1. The van der Waals surface area contributed by atoms with Crippen LogP contribution in [0.3, 0.4) is 0 Å². The van der Waals surface area contributed by atoms with Crippen LogP contribution in [0.2, 0.25) is 0 Å². The van der Waals surface area contributed by atoms with E-state index in [1.165, 1.54) is 6.20 Å². The van der Waals surface area contributed by atoms with Crippen LogP contribution in [0, 0.1) is 5.92 Å². The van der Waals surface area contributed by atoms with Crippen LogP contribution in [0.5, 0.6) is 0 Å². The summed E-state index contributed by atoms with van der Waals surface area (Å²) in [5.74, 6) is -0.643. The number of hydrogen-bond acceptors (Lipinski definition) is 5. The minimum absolute atomic E-state index is 0.0279. The summed E-state index contributed by atoms with van der Waals surface area (Å²) in [4.78, 5) is 32.0. The number of hydrogen-bond donors (Lipinski definition) is 3. The van der Waals surface area contributed by atoms with Crippen LogP contribution in [-0.2, 0) is 11.0 Å². The molecule has 11 heteroatoms. The number of halogens is 3. The number of alkyl halides is 3. The molecule has 35 heavy (non-hydrogen) atoms. The van der Waals surface area contributed by atoms with Gasteiger partial charge in [0.1, 0.15) is 5.69 Å². The quantitative estimate of drug-likeness (QED) is 0.335. The largest absolute Gasteiger partial charge is 0.433 e. The van der Waals surface area contributed by atoms with Gasteiger partial charge in [-0.05, 0) is 68.0 Å². The van der Waals surface area contributed by atoms with Crippen molar-refractivity contribution in [3.05, 3.63) is 71.5 Å². The molecule has 3 N–H and O–H groups in total. The van der Waals surface area contributed by atoms with E-state index in [1.54, 1.807) is 18.2 Å². The highest BCUT2D eigenvalue weighted by molar-refractivity contribution is 6.11. The molecule has 1 aromatic carbocycles. The van der Waals surface area contributed by atoms with Gasteiger partial charge in [0.25, 0.3) is 5.91 Å². The molecule has 0 radical (unpaired) electrons. The third-order valence-corrected chi connectivity index (χ3v) is 5.36. The molecule has 4 rings (SSSR count). The summed E-state index contributed by atoms with van der Waals surface area (Å²) in [7, 11) is 0. The third kappa shape index (κ3) is 5.62. The van der Waals surface area contributed by atoms with Gasteiger partial charge in [-0.3, -0.25) is 19.7 Å². The monoisotopic (exact) mass is 482 g/mol. The molecule has 1 saturated carbocycles. The first-order valence-corrected chi connectivity index (χ1v) is 10.6. The molecule has 1 aliphatic carbocycles. The SMILES string of the molecule is C=N/C=C(\C=C(/C)c1ccc2[nH]nc(C(=O)Nc3ccc(C(F)(F)F)nc3)c2c1)NC(=O)C1CC1. The number of nitrogens with zero attached hydrogens (tertiary/aromatic N) is 3. The fraction of sp³-hybridized carbons (Fsp3) is 0.208. The van der Waals surface area contributed by atoms with E-state index >= 15 is 0 Å². The maximum Gasteiger partial charge on any atom is 0.433 e. The molecule has 3 aromatic rings. The van der Waals surface area contributed by atoms with E-state index in [0.29, 0.717) is 16.6 Å². The lowest BCUT2D eigenvalue weighted by atomic mass is 10.0. The number of nitrogens with one attached hydrogen (secondary N) is 3. The van der Waals surface area contributed by atoms with Gasteiger partial charge in [-0.1, -0.05) is 6.07 Å². The van der Waals surface area contributed by atoms with E-state index in [1.807, 2.05) is 13.0 Å². The number of aromatic nitrogens is 3. The van der Waals surface area contributed by atoms with Crippen LogP contribution in [0.4, 0.5) is 18.9 Å². The first-order chi connectivity index (χ1) is 16.7. The number of anilines is 1. The Morgan fingerprint density at radius 2 is 2.00 bits per heavy atom. The number of H-pyrrole nitrogens is 1. The van der Waals surface area contributed by atoms with Gasteiger partial charge in [0, 0.05) is 17.5 Å². The van der Waals surface area contributed by atoms with E-state index in [4.69, 9.17) is 0 Å². The highest BCUT2D eigenvalue weighted by atomic mass is 19.4. The van der Waals surface area contributed by atoms with E-state index in [-0.39, 0.29) is 23.2 Å². The second-order valence-electron chi connectivity index (χ2n) is 8.07. The second-order valence-corrected chi connectivity index (χ2v) is 8.07. The van der Waals surface area contributed by atoms with Gasteiger partial charge in [-0.25, -0.2) is 4.98 Å². The van der Waals surface area contributed by atoms with Crippen molar-refractivity contribution in [2.24, 2.45) is 10.9 Å². The van der Waals surface area contributed by atoms with E-state index in [0.717, 1.165) is 42.3 Å². The molecule has 1 fully saturated rings. The van der Waals surface area contributed by atoms with Gasteiger partial charge in [-0.15, -0.1) is 0 Å². The maximum absolute atomic E-state index is 12.8. The average molecular weight is 482 g/mol. The number of carbonyl (C=O) groups is 2. The van der Waals surface area contributed by atoms with Crippen molar-refractivity contribution < 1.29 is 22.8 Å². The van der Waals surface area contributed by atoms with Crippen LogP contribution in [0.1, 0.15) is 41.5 Å². The lowest BCUT2D eigenvalue weighted by Gasteiger charge is -2.08. The van der Waals surface area contributed by atoms with Crippen molar-refractivity contribution in [2.45, 2.75) is 25.9 Å². The topological polar surface area (TPSA) is 112 Å². The Bertz CT molecular complexity index is 1350. The third-order valence-electron chi connectivity index (χ3n) is 5.36. The predicted octanol–water partition coefficient (Wildman–Crippen LogP) is 4.70. The predicted molar refractivity (Wildman–Crippen MR) is 125 cm³/mol. The molecule has 0 unspecified atom stereocenters. The lowest BCUT2D eigenvalue weighted by molar-refractivity contribution is -0.141. The molecular weight excluding hydrogens is 461 g/mol. The number of carbonyl (C=O) groups excluding carboxylic acids is 2. The number of fused-ring (bicyclic) bond motifs is 1. The van der Waals surface area contributed by atoms with Crippen molar-refractivity contribution in [3.63, 3.8) is 0 Å². The molecule has 0 atom stereocenters. The van der Waals surface area contributed by atoms with Crippen molar-refractivity contribution >= 4 is 40.7 Å². The maximum atomic E-state index is 12.8. The number of aliphatic imine (C=N–C) groups is 1. The molecule has 0 bridgehead atoms. The minimum atomic E-state index is -4.57. The van der Waals surface area contributed by atoms with Crippen LogP contribution in [-0.4, -0.2) is 33.7 Å². The summed E-state index contributed by atoms with van der Waals surface area (Å²) < 4.78 is 38.1. The van der Waals surface area contributed by atoms with Crippen LogP contribution in [0.15, 0.2) is 59.5 Å². The van der Waals surface area contributed by atoms with Gasteiger partial charge in [-0.2, -0.15) is 18.3 Å². The van der Waals surface area contributed by atoms with Gasteiger partial charge in [0.05, 0.1) is 23.1 Å². The number of rotatable bonds is 7. The smallest absolute Gasteiger partial charge is 0.324 e. The average Bonchev–Trinajstić information content (AvgIpc) is 3.58. The van der Waals surface area contributed by atoms with Crippen LogP contribution in [0.25, 0.3) is 16.5 Å². The Morgan fingerprint density at radius 1 is 1.23 bits per heavy atom. The Morgan fingerprint density at radius 3 is 2.63 bits per heavy atom. The molecule has 1 aliphatic rings. The van der Waals surface area contributed by atoms with Gasteiger partial charge in [0.2, 0.25) is 5.91 Å². The van der Waals surface area contributed by atoms with E-state index < -0.39 is 17.8 Å². The molecule has 2 amide bonds. The zero-order valence-electron chi connectivity index (χ0n) is 18.6. The normalized spacial score (nSPS) is 14.6. The zero-order chi connectivity index (χ0) is 25.2. The summed E-state index contributed by atoms with van der Waals surface area (Å²) in [6, 6.07) is 7.25. The first kappa shape index (κ1) is 23.9. The molecule has 2 heterocycles. The summed E-state index contributed by atoms with van der Waals surface area (Å²) in [6.07, 6.45) is 1.31. The molecular formula is C24H21F3N6O2. The molecule has 0 spiro atoms. The minimum Gasteiger partial charge on any atom is -0.324 e. The summed E-state index contributed by atoms with van der Waals surface area (Å²) in [6.45, 7) is 5.28. The fourth-order valence-corrected chi connectivity index (χ4v) is 3.37. The van der Waals surface area contributed by atoms with Crippen molar-refractivity contribution in [1.82, 2.24) is 20.5 Å². The highest BCUT2D eigenvalue weighted by Crippen LogP contribution is 2.30. The lowest BCUT2D eigenvalue weighted by Crippen LogP contribution is -2.23. The number of aromatic amines is 1. The van der Waals surface area contributed by atoms with Gasteiger partial charge >= 0.3 is 6.18 Å². The molecule has 180 valence electrons. The van der Waals surface area contributed by atoms with Gasteiger partial charge < -0.3 is 10.6 Å². The first-order valence-electron chi connectivity index (χ1n) is 10.6. The number of allylic oxidation sites excluding steroid dienone is 2. The summed E-state index contributed by atoms with van der Waals surface area (Å²) >= 11 is 0. The van der Waals surface area contributed by atoms with Gasteiger partial charge in [0.15, 0.2) is 5.69 Å². The number of pyridine rings is 1. The van der Waals surface area contributed by atoms with Crippen molar-refractivity contribution in [2.75, 3.05) is 5.32 Å². The summed E-state index contributed by atoms with van der Waals surface area (Å²) in [5.41, 5.74) is 1.76. The van der Waals surface area contributed by atoms with Crippen molar-refractivity contribution in [3.8, 4) is 0 Å². The fourth-order valence-electron chi connectivity index (χ4n) is 3.37. The van der Waals surface area contributed by atoms with Crippen LogP contribution >= 0.6 is 0 Å². The Balaban J connectivity index is 1.56. The van der Waals surface area contributed by atoms with E-state index in [9.17, 15) is 22.8 Å². The summed E-state index contributed by atoms with van der Waals surface area (Å²) in [5, 5.41) is 12.7. The van der Waals surface area contributed by atoms with Crippen LogP contribution < -0.4 is 10.6 Å². The molecule has 0 aliphatic heterocycles.